The molecule has 0 N–H and O–H groups in total. The summed E-state index contributed by atoms with van der Waals surface area (Å²) < 4.78 is 27.5. The lowest BCUT2D eigenvalue weighted by atomic mass is 10.4. The third-order valence-electron chi connectivity index (χ3n) is 1.54. The van der Waals surface area contributed by atoms with Crippen LogP contribution in [-0.4, -0.2) is 12.6 Å². The topological polar surface area (TPSA) is 9.23 Å². The zero-order valence-electron chi connectivity index (χ0n) is 8.64. The first-order chi connectivity index (χ1) is 8.09. The Bertz CT molecular complexity index is 444. The molecule has 1 aromatic rings. The van der Waals surface area contributed by atoms with Crippen LogP contribution in [0.2, 0.25) is 0 Å². The fourth-order valence-corrected chi connectivity index (χ4v) is 7.65. The van der Waals surface area contributed by atoms with Crippen LogP contribution in [0, 0.1) is 18.2 Å². The second-order valence-electron chi connectivity index (χ2n) is 2.71. The van der Waals surface area contributed by atoms with Gasteiger partial charge < -0.3 is 4.52 Å². The summed E-state index contributed by atoms with van der Waals surface area (Å²) >= 11 is 7.74. The summed E-state index contributed by atoms with van der Waals surface area (Å²) in [6, 6.07) is 5.81. The molecule has 1 rings (SSSR count). The van der Waals surface area contributed by atoms with Crippen LogP contribution in [0.1, 0.15) is 0 Å². The first kappa shape index (κ1) is 15.0. The van der Waals surface area contributed by atoms with Gasteiger partial charge in [-0.05, 0) is 36.1 Å². The third-order valence-corrected chi connectivity index (χ3v) is 10.1. The van der Waals surface area contributed by atoms with E-state index in [4.69, 9.17) is 22.8 Å². The van der Waals surface area contributed by atoms with Gasteiger partial charge in [-0.2, -0.15) is 0 Å². The summed E-state index contributed by atoms with van der Waals surface area (Å²) in [6.07, 6.45) is 5.14. The lowest BCUT2D eigenvalue weighted by Crippen LogP contribution is -1.83. The van der Waals surface area contributed by atoms with E-state index in [1.54, 1.807) is 12.1 Å². The van der Waals surface area contributed by atoms with Gasteiger partial charge in [0.05, 0.1) is 5.75 Å². The van der Waals surface area contributed by atoms with E-state index in [0.717, 1.165) is 4.90 Å². The average Bonchev–Trinajstić information content (AvgIpc) is 2.30. The molecule has 0 radical (unpaired) electrons. The summed E-state index contributed by atoms with van der Waals surface area (Å²) in [4.78, 5) is 0.743. The minimum atomic E-state index is -2.45. The molecule has 1 atom stereocenters. The van der Waals surface area contributed by atoms with Crippen molar-refractivity contribution in [3.8, 4) is 12.3 Å². The standard InChI is InChI=1S/C10H9F2OPS3/c1-2-7-16-14(15,13-8-11)17-10-5-3-9(12)4-6-10/h1,3-6H,7-8H2. The van der Waals surface area contributed by atoms with Crippen molar-refractivity contribution in [2.45, 2.75) is 4.90 Å². The Morgan fingerprint density at radius 3 is 2.59 bits per heavy atom. The summed E-state index contributed by atoms with van der Waals surface area (Å²) in [5, 5.41) is 0. The van der Waals surface area contributed by atoms with Gasteiger partial charge in [0.25, 0.3) is 0 Å². The maximum Gasteiger partial charge on any atom is 0.194 e. The number of halogens is 2. The van der Waals surface area contributed by atoms with Crippen LogP contribution in [0.5, 0.6) is 0 Å². The number of alkyl halides is 1. The third kappa shape index (κ3) is 5.41. The average molecular weight is 310 g/mol. The van der Waals surface area contributed by atoms with Crippen molar-refractivity contribution >= 4 is 39.2 Å². The molecule has 0 saturated carbocycles. The molecule has 1 nitrogen and oxygen atoms in total. The van der Waals surface area contributed by atoms with Gasteiger partial charge in [0.2, 0.25) is 0 Å². The molecule has 17 heavy (non-hydrogen) atoms. The molecule has 0 heterocycles. The highest BCUT2D eigenvalue weighted by atomic mass is 33.2. The first-order valence-corrected chi connectivity index (χ1v) is 10.2. The number of hydrogen-bond donors (Lipinski definition) is 0. The monoisotopic (exact) mass is 310 g/mol. The fraction of sp³-hybridized carbons (Fsp3) is 0.200. The second-order valence-corrected chi connectivity index (χ2v) is 13.1. The maximum absolute atomic E-state index is 12.7. The van der Waals surface area contributed by atoms with Gasteiger partial charge >= 0.3 is 0 Å². The Hall–Kier alpha value is -0.0500. The van der Waals surface area contributed by atoms with Gasteiger partial charge in [0.1, 0.15) is 5.82 Å². The van der Waals surface area contributed by atoms with Crippen molar-refractivity contribution < 1.29 is 13.3 Å². The molecule has 0 saturated heterocycles. The van der Waals surface area contributed by atoms with E-state index >= 15 is 0 Å². The molecule has 0 aliphatic carbocycles. The largest absolute Gasteiger partial charge is 0.301 e. The minimum Gasteiger partial charge on any atom is -0.301 e. The summed E-state index contributed by atoms with van der Waals surface area (Å²) in [7, 11) is 0. The normalized spacial score (nSPS) is 13.9. The van der Waals surface area contributed by atoms with Crippen LogP contribution in [0.4, 0.5) is 8.78 Å². The Morgan fingerprint density at radius 1 is 1.41 bits per heavy atom. The van der Waals surface area contributed by atoms with Crippen LogP contribution in [0.25, 0.3) is 0 Å². The van der Waals surface area contributed by atoms with Crippen molar-refractivity contribution in [2.24, 2.45) is 0 Å². The number of rotatable bonds is 6. The minimum absolute atomic E-state index is 0.328. The molecule has 0 aliphatic heterocycles. The molecular weight excluding hydrogens is 301 g/mol. The van der Waals surface area contributed by atoms with Crippen LogP contribution < -0.4 is 0 Å². The Labute approximate surface area is 112 Å². The lowest BCUT2D eigenvalue weighted by Gasteiger charge is -2.17. The van der Waals surface area contributed by atoms with E-state index in [1.165, 1.54) is 34.9 Å². The highest BCUT2D eigenvalue weighted by Crippen LogP contribution is 2.72. The van der Waals surface area contributed by atoms with Gasteiger partial charge in [-0.3, -0.25) is 0 Å². The summed E-state index contributed by atoms with van der Waals surface area (Å²) in [5.41, 5.74) is 0. The van der Waals surface area contributed by atoms with Gasteiger partial charge in [-0.15, -0.1) is 6.42 Å². The second kappa shape index (κ2) is 7.40. The Morgan fingerprint density at radius 2 is 2.06 bits per heavy atom. The molecule has 0 bridgehead atoms. The van der Waals surface area contributed by atoms with E-state index in [0.29, 0.717) is 5.75 Å². The molecule has 0 aliphatic rings. The predicted octanol–water partition coefficient (Wildman–Crippen LogP) is 4.45. The van der Waals surface area contributed by atoms with Gasteiger partial charge in [-0.1, -0.05) is 28.7 Å². The highest BCUT2D eigenvalue weighted by Gasteiger charge is 2.20. The fourth-order valence-electron chi connectivity index (χ4n) is 0.891. The SMILES string of the molecule is C#CCSP(=S)(OCF)Sc1ccc(F)cc1. The van der Waals surface area contributed by atoms with Crippen LogP contribution >= 0.6 is 27.4 Å². The molecule has 0 fully saturated rings. The molecule has 92 valence electrons. The van der Waals surface area contributed by atoms with Gasteiger partial charge in [-0.25, -0.2) is 8.78 Å². The Kier molecular flexibility index (Phi) is 6.53. The quantitative estimate of drug-likeness (QED) is 0.566. The molecule has 0 amide bonds. The molecule has 1 unspecified atom stereocenters. The number of benzene rings is 1. The first-order valence-electron chi connectivity index (χ1n) is 4.43. The van der Waals surface area contributed by atoms with Crippen LogP contribution in [0.3, 0.4) is 0 Å². The lowest BCUT2D eigenvalue weighted by molar-refractivity contribution is 0.219. The smallest absolute Gasteiger partial charge is 0.194 e. The van der Waals surface area contributed by atoms with Crippen molar-refractivity contribution in [3.05, 3.63) is 30.1 Å². The van der Waals surface area contributed by atoms with E-state index < -0.39 is 11.5 Å². The number of hydrogen-bond acceptors (Lipinski definition) is 4. The molecule has 0 spiro atoms. The molecule has 0 aromatic heterocycles. The summed E-state index contributed by atoms with van der Waals surface area (Å²) in [6.45, 7) is -0.941. The molecule has 7 heteroatoms. The van der Waals surface area contributed by atoms with Crippen molar-refractivity contribution in [2.75, 3.05) is 12.6 Å². The van der Waals surface area contributed by atoms with E-state index in [2.05, 4.69) is 5.92 Å². The van der Waals surface area contributed by atoms with Crippen molar-refractivity contribution in [3.63, 3.8) is 0 Å². The van der Waals surface area contributed by atoms with Crippen LogP contribution in [0.15, 0.2) is 29.2 Å². The van der Waals surface area contributed by atoms with E-state index in [1.807, 2.05) is 0 Å². The van der Waals surface area contributed by atoms with E-state index in [9.17, 15) is 8.78 Å². The molecule has 1 aromatic carbocycles. The Balaban J connectivity index is 2.76. The van der Waals surface area contributed by atoms with Crippen molar-refractivity contribution in [1.29, 1.82) is 0 Å². The predicted molar refractivity (Wildman–Crippen MR) is 74.9 cm³/mol. The van der Waals surface area contributed by atoms with Crippen molar-refractivity contribution in [1.82, 2.24) is 0 Å². The van der Waals surface area contributed by atoms with Gasteiger partial charge in [0, 0.05) is 4.90 Å². The van der Waals surface area contributed by atoms with Crippen LogP contribution in [-0.2, 0) is 16.3 Å². The molecular formula is C10H9F2OPS3. The van der Waals surface area contributed by atoms with E-state index in [-0.39, 0.29) is 5.82 Å². The number of terminal acetylenes is 1. The maximum atomic E-state index is 12.7. The highest BCUT2D eigenvalue weighted by molar-refractivity contribution is 8.99. The zero-order valence-corrected chi connectivity index (χ0v) is 12.0. The van der Waals surface area contributed by atoms with Gasteiger partial charge in [0.15, 0.2) is 11.5 Å². The summed E-state index contributed by atoms with van der Waals surface area (Å²) in [5.74, 6) is 2.46. The zero-order chi connectivity index (χ0) is 12.7.